The van der Waals surface area contributed by atoms with Crippen molar-refractivity contribution in [1.29, 1.82) is 0 Å². The second kappa shape index (κ2) is 10.7. The predicted molar refractivity (Wildman–Crippen MR) is 142 cm³/mol. The first-order valence-electron chi connectivity index (χ1n) is 13.2. The Morgan fingerprint density at radius 3 is 2.41 bits per heavy atom. The van der Waals surface area contributed by atoms with Gasteiger partial charge in [-0.05, 0) is 48.0 Å². The highest BCUT2D eigenvalue weighted by Crippen LogP contribution is 2.33. The summed E-state index contributed by atoms with van der Waals surface area (Å²) in [4.78, 5) is 19.9. The number of carbonyl (C=O) groups is 1. The van der Waals surface area contributed by atoms with E-state index >= 15 is 0 Å². The number of amides is 1. The average molecular weight is 500 g/mol. The number of hydrogen-bond donors (Lipinski definition) is 0. The molecule has 6 rings (SSSR count). The summed E-state index contributed by atoms with van der Waals surface area (Å²) in [6.07, 6.45) is 1.76. The lowest BCUT2D eigenvalue weighted by molar-refractivity contribution is 0.0595. The van der Waals surface area contributed by atoms with Crippen LogP contribution in [0.3, 0.4) is 0 Å². The van der Waals surface area contributed by atoms with Crippen molar-refractivity contribution < 1.29 is 19.0 Å². The van der Waals surface area contributed by atoms with Crippen LogP contribution in [0.15, 0.2) is 72.8 Å². The average Bonchev–Trinajstić information content (AvgIpc) is 3.42. The molecule has 0 atom stereocenters. The highest BCUT2D eigenvalue weighted by Gasteiger charge is 2.26. The number of likely N-dealkylation sites (tertiary alicyclic amines) is 1. The standard InChI is InChI=1S/C30H33N3O4/c34-30(24-9-10-28-29(20-24)36-22-35-28)33-13-11-26(12-14-33)37-27-8-4-5-23(19-27)21-31-15-17-32(18-16-31)25-6-2-1-3-7-25/h1-10,19-20,26H,11-18,21-22H2. The van der Waals surface area contributed by atoms with Crippen LogP contribution in [-0.4, -0.2) is 67.9 Å². The van der Waals surface area contributed by atoms with Crippen molar-refractivity contribution in [1.82, 2.24) is 9.80 Å². The molecule has 3 heterocycles. The molecule has 3 aromatic rings. The SMILES string of the molecule is O=C(c1ccc2c(c1)OCO2)N1CCC(Oc2cccc(CN3CCN(c4ccccc4)CC3)c2)CC1. The lowest BCUT2D eigenvalue weighted by Crippen LogP contribution is -2.45. The minimum atomic E-state index is 0.0334. The van der Waals surface area contributed by atoms with E-state index in [9.17, 15) is 4.79 Å². The van der Waals surface area contributed by atoms with Crippen molar-refractivity contribution in [3.8, 4) is 17.2 Å². The van der Waals surface area contributed by atoms with Crippen molar-refractivity contribution in [2.24, 2.45) is 0 Å². The molecular formula is C30H33N3O4. The molecule has 0 saturated carbocycles. The lowest BCUT2D eigenvalue weighted by atomic mass is 10.1. The van der Waals surface area contributed by atoms with E-state index in [1.807, 2.05) is 23.1 Å². The van der Waals surface area contributed by atoms with Gasteiger partial charge in [-0.15, -0.1) is 0 Å². The van der Waals surface area contributed by atoms with Gasteiger partial charge < -0.3 is 24.0 Å². The molecule has 0 aliphatic carbocycles. The summed E-state index contributed by atoms with van der Waals surface area (Å²) < 4.78 is 17.1. The topological polar surface area (TPSA) is 54.5 Å². The zero-order valence-electron chi connectivity index (χ0n) is 21.1. The minimum Gasteiger partial charge on any atom is -0.490 e. The van der Waals surface area contributed by atoms with Gasteiger partial charge in [-0.25, -0.2) is 0 Å². The number of piperazine rings is 1. The Balaban J connectivity index is 0.983. The monoisotopic (exact) mass is 499 g/mol. The number of para-hydroxylation sites is 1. The summed E-state index contributed by atoms with van der Waals surface area (Å²) in [6.45, 7) is 6.70. The van der Waals surface area contributed by atoms with Gasteiger partial charge >= 0.3 is 0 Å². The molecule has 7 nitrogen and oxygen atoms in total. The van der Waals surface area contributed by atoms with Gasteiger partial charge in [0.05, 0.1) is 0 Å². The molecule has 0 aromatic heterocycles. The molecular weight excluding hydrogens is 466 g/mol. The molecule has 3 aliphatic heterocycles. The van der Waals surface area contributed by atoms with Crippen LogP contribution in [0.1, 0.15) is 28.8 Å². The fourth-order valence-corrected chi connectivity index (χ4v) is 5.36. The summed E-state index contributed by atoms with van der Waals surface area (Å²) in [7, 11) is 0. The fourth-order valence-electron chi connectivity index (χ4n) is 5.36. The van der Waals surface area contributed by atoms with Crippen LogP contribution in [0.2, 0.25) is 0 Å². The second-order valence-corrected chi connectivity index (χ2v) is 9.92. The molecule has 192 valence electrons. The molecule has 2 fully saturated rings. The third-order valence-corrected chi connectivity index (χ3v) is 7.45. The van der Waals surface area contributed by atoms with E-state index in [-0.39, 0.29) is 18.8 Å². The van der Waals surface area contributed by atoms with E-state index < -0.39 is 0 Å². The minimum absolute atomic E-state index is 0.0334. The molecule has 0 bridgehead atoms. The third kappa shape index (κ3) is 5.52. The predicted octanol–water partition coefficient (Wildman–Crippen LogP) is 4.42. The van der Waals surface area contributed by atoms with E-state index in [4.69, 9.17) is 14.2 Å². The Labute approximate surface area is 218 Å². The Hall–Kier alpha value is -3.71. The van der Waals surface area contributed by atoms with Crippen molar-refractivity contribution in [2.75, 3.05) is 51.0 Å². The van der Waals surface area contributed by atoms with Crippen molar-refractivity contribution in [3.63, 3.8) is 0 Å². The van der Waals surface area contributed by atoms with Crippen LogP contribution in [0.4, 0.5) is 5.69 Å². The molecule has 0 unspecified atom stereocenters. The van der Waals surface area contributed by atoms with Crippen LogP contribution in [0.5, 0.6) is 17.2 Å². The zero-order chi connectivity index (χ0) is 25.0. The van der Waals surface area contributed by atoms with Gasteiger partial charge in [-0.3, -0.25) is 9.69 Å². The van der Waals surface area contributed by atoms with Crippen LogP contribution in [0, 0.1) is 0 Å². The van der Waals surface area contributed by atoms with Crippen LogP contribution < -0.4 is 19.1 Å². The Bertz CT molecular complexity index is 1220. The fraction of sp³-hybridized carbons (Fsp3) is 0.367. The molecule has 3 aliphatic rings. The van der Waals surface area contributed by atoms with Crippen LogP contribution in [-0.2, 0) is 6.54 Å². The molecule has 37 heavy (non-hydrogen) atoms. The van der Waals surface area contributed by atoms with E-state index in [2.05, 4.69) is 58.3 Å². The van der Waals surface area contributed by atoms with E-state index in [0.717, 1.165) is 51.3 Å². The highest BCUT2D eigenvalue weighted by atomic mass is 16.7. The number of fused-ring (bicyclic) bond motifs is 1. The van der Waals surface area contributed by atoms with Gasteiger partial charge in [0.15, 0.2) is 11.5 Å². The van der Waals surface area contributed by atoms with Crippen molar-refractivity contribution in [2.45, 2.75) is 25.5 Å². The van der Waals surface area contributed by atoms with E-state index in [1.54, 1.807) is 6.07 Å². The number of anilines is 1. The Kier molecular flexibility index (Phi) is 6.86. The maximum atomic E-state index is 13.0. The maximum Gasteiger partial charge on any atom is 0.253 e. The number of ether oxygens (including phenoxy) is 3. The van der Waals surface area contributed by atoms with Crippen LogP contribution >= 0.6 is 0 Å². The number of carbonyl (C=O) groups excluding carboxylic acids is 1. The largest absolute Gasteiger partial charge is 0.490 e. The van der Waals surface area contributed by atoms with Crippen LogP contribution in [0.25, 0.3) is 0 Å². The van der Waals surface area contributed by atoms with Gasteiger partial charge in [0.2, 0.25) is 6.79 Å². The first-order chi connectivity index (χ1) is 18.2. The smallest absolute Gasteiger partial charge is 0.253 e. The van der Waals surface area contributed by atoms with Gasteiger partial charge in [0, 0.05) is 69.9 Å². The molecule has 7 heteroatoms. The summed E-state index contributed by atoms with van der Waals surface area (Å²) in [5.41, 5.74) is 3.23. The lowest BCUT2D eigenvalue weighted by Gasteiger charge is -2.36. The first-order valence-corrected chi connectivity index (χ1v) is 13.2. The first kappa shape index (κ1) is 23.7. The van der Waals surface area contributed by atoms with Crippen molar-refractivity contribution >= 4 is 11.6 Å². The van der Waals surface area contributed by atoms with Gasteiger partial charge in [-0.1, -0.05) is 30.3 Å². The number of piperidine rings is 1. The summed E-state index contributed by atoms with van der Waals surface area (Å²) >= 11 is 0. The van der Waals surface area contributed by atoms with E-state index in [0.29, 0.717) is 30.2 Å². The molecule has 0 spiro atoms. The maximum absolute atomic E-state index is 13.0. The third-order valence-electron chi connectivity index (χ3n) is 7.45. The molecule has 3 aromatic carbocycles. The molecule has 2 saturated heterocycles. The Morgan fingerprint density at radius 2 is 1.59 bits per heavy atom. The molecule has 0 N–H and O–H groups in total. The number of rotatable bonds is 6. The highest BCUT2D eigenvalue weighted by molar-refractivity contribution is 5.95. The van der Waals surface area contributed by atoms with Crippen molar-refractivity contribution in [3.05, 3.63) is 83.9 Å². The second-order valence-electron chi connectivity index (χ2n) is 9.92. The number of nitrogens with zero attached hydrogens (tertiary/aromatic N) is 3. The number of hydrogen-bond acceptors (Lipinski definition) is 6. The summed E-state index contributed by atoms with van der Waals surface area (Å²) in [5, 5.41) is 0. The van der Waals surface area contributed by atoms with E-state index in [1.165, 1.54) is 11.3 Å². The van der Waals surface area contributed by atoms with Gasteiger partial charge in [-0.2, -0.15) is 0 Å². The normalized spacial score (nSPS) is 18.2. The summed E-state index contributed by atoms with van der Waals surface area (Å²) in [5.74, 6) is 2.29. The summed E-state index contributed by atoms with van der Waals surface area (Å²) in [6, 6.07) is 24.5. The number of benzene rings is 3. The molecule has 1 amide bonds. The van der Waals surface area contributed by atoms with Gasteiger partial charge in [0.25, 0.3) is 5.91 Å². The quantitative estimate of drug-likeness (QED) is 0.501. The van der Waals surface area contributed by atoms with Gasteiger partial charge in [0.1, 0.15) is 11.9 Å². The molecule has 0 radical (unpaired) electrons. The zero-order valence-corrected chi connectivity index (χ0v) is 21.1. The Morgan fingerprint density at radius 1 is 0.811 bits per heavy atom.